The van der Waals surface area contributed by atoms with Crippen molar-refractivity contribution in [1.29, 1.82) is 0 Å². The first-order valence-electron chi connectivity index (χ1n) is 6.31. The number of benzene rings is 1. The van der Waals surface area contributed by atoms with Crippen molar-refractivity contribution in [3.8, 4) is 0 Å². The molecule has 1 aliphatic rings. The maximum absolute atomic E-state index is 12.3. The molecule has 1 heterocycles. The van der Waals surface area contributed by atoms with E-state index < -0.39 is 17.5 Å². The van der Waals surface area contributed by atoms with Gasteiger partial charge >= 0.3 is 5.97 Å². The molecule has 0 fully saturated rings. The van der Waals surface area contributed by atoms with E-state index in [1.807, 2.05) is 0 Å². The van der Waals surface area contributed by atoms with Crippen molar-refractivity contribution in [3.05, 3.63) is 76.3 Å². The van der Waals surface area contributed by atoms with Gasteiger partial charge in [-0.05, 0) is 12.1 Å². The Kier molecular flexibility index (Phi) is 3.56. The number of hydrogen-bond acceptors (Lipinski definition) is 5. The minimum Gasteiger partial charge on any atom is -0.417 e. The number of esters is 1. The lowest BCUT2D eigenvalue weighted by molar-refractivity contribution is 0.0579. The summed E-state index contributed by atoms with van der Waals surface area (Å²) in [4.78, 5) is 40.0. The number of aromatic nitrogens is 1. The maximum Gasteiger partial charge on any atom is 0.362 e. The third-order valence-corrected chi connectivity index (χ3v) is 3.26. The van der Waals surface area contributed by atoms with Crippen LogP contribution in [0.3, 0.4) is 0 Å². The summed E-state index contributed by atoms with van der Waals surface area (Å²) < 4.78 is 5.00. The third-order valence-electron chi connectivity index (χ3n) is 3.05. The van der Waals surface area contributed by atoms with E-state index in [2.05, 4.69) is 4.98 Å². The highest BCUT2D eigenvalue weighted by atomic mass is 35.5. The molecule has 0 unspecified atom stereocenters. The molecule has 5 nitrogen and oxygen atoms in total. The van der Waals surface area contributed by atoms with Gasteiger partial charge in [-0.1, -0.05) is 41.9 Å². The number of nitrogens with zero attached hydrogens (tertiary/aromatic N) is 1. The van der Waals surface area contributed by atoms with Gasteiger partial charge in [-0.2, -0.15) is 0 Å². The predicted octanol–water partition coefficient (Wildman–Crippen LogP) is 2.85. The second kappa shape index (κ2) is 5.54. The lowest BCUT2D eigenvalue weighted by Gasteiger charge is -2.14. The number of hydrogen-bond donors (Lipinski definition) is 0. The highest BCUT2D eigenvalue weighted by Crippen LogP contribution is 2.22. The number of ether oxygens (including phenoxy) is 1. The molecule has 2 aromatic rings. The van der Waals surface area contributed by atoms with Crippen molar-refractivity contribution in [1.82, 2.24) is 4.98 Å². The van der Waals surface area contributed by atoms with Crippen LogP contribution in [-0.4, -0.2) is 22.5 Å². The Bertz CT molecular complexity index is 842. The summed E-state index contributed by atoms with van der Waals surface area (Å²) in [5, 5.41) is 0.125. The zero-order chi connectivity index (χ0) is 15.7. The molecule has 0 aliphatic heterocycles. The normalized spacial score (nSPS) is 13.4. The monoisotopic (exact) mass is 313 g/mol. The van der Waals surface area contributed by atoms with Gasteiger partial charge in [0.15, 0.2) is 17.2 Å². The van der Waals surface area contributed by atoms with E-state index >= 15 is 0 Å². The Morgan fingerprint density at radius 1 is 1.00 bits per heavy atom. The van der Waals surface area contributed by atoms with Crippen LogP contribution in [0.2, 0.25) is 5.15 Å². The van der Waals surface area contributed by atoms with E-state index in [1.54, 1.807) is 18.2 Å². The van der Waals surface area contributed by atoms with Crippen molar-refractivity contribution >= 4 is 29.1 Å². The lowest BCUT2D eigenvalue weighted by atomic mass is 9.94. The van der Waals surface area contributed by atoms with E-state index in [1.165, 1.54) is 24.3 Å². The van der Waals surface area contributed by atoms with E-state index in [0.717, 1.165) is 6.08 Å². The fraction of sp³-hybridized carbons (Fsp3) is 0. The van der Waals surface area contributed by atoms with Crippen LogP contribution in [0, 0.1) is 0 Å². The van der Waals surface area contributed by atoms with Crippen LogP contribution in [0.4, 0.5) is 0 Å². The molecule has 1 aliphatic carbocycles. The summed E-state index contributed by atoms with van der Waals surface area (Å²) >= 11 is 5.70. The number of halogens is 1. The van der Waals surface area contributed by atoms with Gasteiger partial charge < -0.3 is 4.74 Å². The summed E-state index contributed by atoms with van der Waals surface area (Å²) in [6.45, 7) is 0. The molecule has 0 bridgehead atoms. The quantitative estimate of drug-likeness (QED) is 0.629. The van der Waals surface area contributed by atoms with Gasteiger partial charge in [0.2, 0.25) is 5.78 Å². The molecule has 0 radical (unpaired) electrons. The Balaban J connectivity index is 1.89. The number of rotatable bonds is 2. The van der Waals surface area contributed by atoms with E-state index in [0.29, 0.717) is 0 Å². The zero-order valence-electron chi connectivity index (χ0n) is 11.1. The van der Waals surface area contributed by atoms with Crippen molar-refractivity contribution in [2.24, 2.45) is 0 Å². The second-order valence-corrected chi connectivity index (χ2v) is 4.87. The number of pyridine rings is 1. The highest BCUT2D eigenvalue weighted by molar-refractivity contribution is 6.29. The fourth-order valence-electron chi connectivity index (χ4n) is 2.04. The fourth-order valence-corrected chi connectivity index (χ4v) is 2.20. The van der Waals surface area contributed by atoms with Crippen molar-refractivity contribution in [2.75, 3.05) is 0 Å². The molecule has 0 saturated carbocycles. The number of ketones is 2. The molecule has 0 N–H and O–H groups in total. The Labute approximate surface area is 130 Å². The van der Waals surface area contributed by atoms with Gasteiger partial charge in [-0.15, -0.1) is 0 Å². The minimum absolute atomic E-state index is 0.0486. The molecule has 0 atom stereocenters. The topological polar surface area (TPSA) is 73.3 Å². The first kappa shape index (κ1) is 14.2. The molecule has 0 saturated heterocycles. The first-order chi connectivity index (χ1) is 10.6. The Hall–Kier alpha value is -2.79. The molecule has 108 valence electrons. The summed E-state index contributed by atoms with van der Waals surface area (Å²) in [5.41, 5.74) is 0.442. The van der Waals surface area contributed by atoms with Crippen LogP contribution in [0.5, 0.6) is 0 Å². The maximum atomic E-state index is 12.3. The van der Waals surface area contributed by atoms with Gasteiger partial charge in [0.1, 0.15) is 5.15 Å². The molecule has 6 heteroatoms. The third kappa shape index (κ3) is 2.54. The van der Waals surface area contributed by atoms with Gasteiger partial charge in [-0.3, -0.25) is 9.59 Å². The molecule has 22 heavy (non-hydrogen) atoms. The van der Waals surface area contributed by atoms with E-state index in [9.17, 15) is 14.4 Å². The van der Waals surface area contributed by atoms with Crippen LogP contribution in [0.15, 0.2) is 54.3 Å². The van der Waals surface area contributed by atoms with Gasteiger partial charge in [0, 0.05) is 17.2 Å². The number of carbonyl (C=O) groups is 3. The van der Waals surface area contributed by atoms with Crippen molar-refractivity contribution in [3.63, 3.8) is 0 Å². The standard InChI is InChI=1S/C16H8ClNO4/c17-14-7-3-6-11(18-14)16(21)22-13-8-12(19)9-4-1-2-5-10(9)15(13)20/h1-8H. The summed E-state index contributed by atoms with van der Waals surface area (Å²) in [7, 11) is 0. The molecule has 1 aromatic carbocycles. The zero-order valence-corrected chi connectivity index (χ0v) is 11.8. The lowest BCUT2D eigenvalue weighted by Crippen LogP contribution is -2.21. The van der Waals surface area contributed by atoms with Gasteiger partial charge in [0.25, 0.3) is 0 Å². The molecular formula is C16H8ClNO4. The van der Waals surface area contributed by atoms with Crippen LogP contribution in [0.1, 0.15) is 31.2 Å². The first-order valence-corrected chi connectivity index (χ1v) is 6.68. The van der Waals surface area contributed by atoms with Gasteiger partial charge in [-0.25, -0.2) is 9.78 Å². The smallest absolute Gasteiger partial charge is 0.362 e. The molecule has 3 rings (SSSR count). The Morgan fingerprint density at radius 2 is 1.73 bits per heavy atom. The largest absolute Gasteiger partial charge is 0.417 e. The summed E-state index contributed by atoms with van der Waals surface area (Å²) in [6.07, 6.45) is 1.01. The molecule has 0 amide bonds. The average Bonchev–Trinajstić information content (AvgIpc) is 2.52. The van der Waals surface area contributed by atoms with Crippen LogP contribution >= 0.6 is 11.6 Å². The van der Waals surface area contributed by atoms with Crippen LogP contribution < -0.4 is 0 Å². The molecular weight excluding hydrogens is 306 g/mol. The minimum atomic E-state index is -0.853. The molecule has 0 spiro atoms. The van der Waals surface area contributed by atoms with Crippen LogP contribution in [-0.2, 0) is 4.74 Å². The van der Waals surface area contributed by atoms with Crippen molar-refractivity contribution in [2.45, 2.75) is 0 Å². The number of carbonyl (C=O) groups excluding carboxylic acids is 3. The number of Topliss-reactive ketones (excluding diaryl/α,β-unsaturated/α-hetero) is 1. The van der Waals surface area contributed by atoms with Crippen LogP contribution in [0.25, 0.3) is 0 Å². The number of fused-ring (bicyclic) bond motifs is 1. The van der Waals surface area contributed by atoms with Gasteiger partial charge in [0.05, 0.1) is 0 Å². The second-order valence-electron chi connectivity index (χ2n) is 4.48. The Morgan fingerprint density at radius 3 is 2.45 bits per heavy atom. The summed E-state index contributed by atoms with van der Waals surface area (Å²) in [5.74, 6) is -2.09. The predicted molar refractivity (Wildman–Crippen MR) is 77.8 cm³/mol. The molecule has 1 aromatic heterocycles. The average molecular weight is 314 g/mol. The number of allylic oxidation sites excluding steroid dienone is 2. The highest BCUT2D eigenvalue weighted by Gasteiger charge is 2.28. The summed E-state index contributed by atoms with van der Waals surface area (Å²) in [6, 6.07) is 10.8. The SMILES string of the molecule is O=C(OC1=CC(=O)c2ccccc2C1=O)c1cccc(Cl)n1. The van der Waals surface area contributed by atoms with E-state index in [4.69, 9.17) is 16.3 Å². The van der Waals surface area contributed by atoms with E-state index in [-0.39, 0.29) is 27.7 Å². The van der Waals surface area contributed by atoms with Crippen molar-refractivity contribution < 1.29 is 19.1 Å².